The van der Waals surface area contributed by atoms with Crippen LogP contribution in [0.3, 0.4) is 0 Å². The molecule has 4 heterocycles. The van der Waals surface area contributed by atoms with Gasteiger partial charge in [0.25, 0.3) is 0 Å². The lowest BCUT2D eigenvalue weighted by molar-refractivity contribution is 0.409. The highest BCUT2D eigenvalue weighted by molar-refractivity contribution is 7.17. The van der Waals surface area contributed by atoms with E-state index in [9.17, 15) is 4.39 Å². The molecule has 4 aromatic carbocycles. The summed E-state index contributed by atoms with van der Waals surface area (Å²) < 4.78 is 21.8. The van der Waals surface area contributed by atoms with Crippen LogP contribution in [-0.2, 0) is 13.1 Å². The van der Waals surface area contributed by atoms with Crippen molar-refractivity contribution in [3.8, 4) is 5.75 Å². The Morgan fingerprint density at radius 2 is 1.11 bits per heavy atom. The van der Waals surface area contributed by atoms with Gasteiger partial charge in [-0.3, -0.25) is 9.97 Å². The van der Waals surface area contributed by atoms with Gasteiger partial charge < -0.3 is 19.4 Å². The van der Waals surface area contributed by atoms with E-state index in [0.717, 1.165) is 40.0 Å². The number of methoxy groups -OCH3 is 1. The molecule has 322 valence electrons. The van der Waals surface area contributed by atoms with E-state index in [1.807, 2.05) is 30.9 Å². The molecule has 0 aliphatic heterocycles. The van der Waals surface area contributed by atoms with Crippen LogP contribution in [-0.4, -0.2) is 53.2 Å². The van der Waals surface area contributed by atoms with Gasteiger partial charge in [-0.15, -0.1) is 22.7 Å². The summed E-state index contributed by atoms with van der Waals surface area (Å²) in [4.78, 5) is 25.9. The molecular formula is C51H58FN7OS2. The van der Waals surface area contributed by atoms with Crippen LogP contribution in [0.5, 0.6) is 5.75 Å². The molecule has 0 atom stereocenters. The van der Waals surface area contributed by atoms with E-state index in [1.54, 1.807) is 35.8 Å². The van der Waals surface area contributed by atoms with E-state index in [1.165, 1.54) is 108 Å². The zero-order valence-corrected chi connectivity index (χ0v) is 38.3. The first kappa shape index (κ1) is 43.3. The maximum atomic E-state index is 13.7. The monoisotopic (exact) mass is 867 g/mol. The minimum atomic E-state index is -0.281. The van der Waals surface area contributed by atoms with Crippen LogP contribution in [0, 0.1) is 5.82 Å². The number of nitrogens with zero attached hydrogens (tertiary/aromatic N) is 7. The second-order valence-corrected chi connectivity index (χ2v) is 18.2. The van der Waals surface area contributed by atoms with Gasteiger partial charge in [-0.05, 0) is 105 Å². The summed E-state index contributed by atoms with van der Waals surface area (Å²) in [5.41, 5.74) is 13.6. The minimum absolute atomic E-state index is 0.281. The van der Waals surface area contributed by atoms with Gasteiger partial charge in [-0.2, -0.15) is 0 Å². The molecule has 0 bridgehead atoms. The molecule has 4 aromatic heterocycles. The predicted octanol–water partition coefficient (Wildman–Crippen LogP) is 13.6. The second kappa shape index (κ2) is 20.2. The smallest absolute Gasteiger partial charge is 0.130 e. The van der Waals surface area contributed by atoms with Crippen molar-refractivity contribution in [1.82, 2.24) is 19.9 Å². The third-order valence-corrected chi connectivity index (χ3v) is 13.8. The van der Waals surface area contributed by atoms with Crippen molar-refractivity contribution in [2.45, 2.75) is 103 Å². The summed E-state index contributed by atoms with van der Waals surface area (Å²) >= 11 is 3.39. The van der Waals surface area contributed by atoms with Crippen LogP contribution in [0.1, 0.15) is 89.4 Å². The third-order valence-electron chi connectivity index (χ3n) is 12.2. The molecule has 0 radical (unpaired) electrons. The Morgan fingerprint density at radius 1 is 0.581 bits per heavy atom. The van der Waals surface area contributed by atoms with Crippen molar-refractivity contribution in [3.05, 3.63) is 119 Å². The zero-order valence-electron chi connectivity index (χ0n) is 36.7. The van der Waals surface area contributed by atoms with Crippen LogP contribution in [0.15, 0.2) is 102 Å². The zero-order chi connectivity index (χ0) is 43.0. The summed E-state index contributed by atoms with van der Waals surface area (Å²) in [6.45, 7) is 5.54. The Kier molecular flexibility index (Phi) is 14.1. The minimum Gasteiger partial charge on any atom is -0.496 e. The molecule has 11 heteroatoms. The molecule has 2 saturated carbocycles. The van der Waals surface area contributed by atoms with Crippen molar-refractivity contribution in [2.24, 2.45) is 0 Å². The SMILES string of the molecule is CC.CN(C)c1ccc2nc(CN(c3ccc4ncsc4c3)C3CCCCC3)ccc2c1.COc1cc(CN(c2ccc3ncsc3c2)C2CCCCC2)nc2ccc(F)cc12. The first-order chi connectivity index (χ1) is 30.4. The number of aromatic nitrogens is 4. The average Bonchev–Trinajstić information content (AvgIpc) is 4.00. The molecular weight excluding hydrogens is 810 g/mol. The number of thiazole rings is 2. The highest BCUT2D eigenvalue weighted by atomic mass is 32.1. The first-order valence-electron chi connectivity index (χ1n) is 22.3. The Bertz CT molecular complexity index is 2720. The molecule has 62 heavy (non-hydrogen) atoms. The number of halogens is 1. The standard InChI is InChI=1S/C25H28N4S.C24H24FN3OS.C2H6/c1-28(2)21-10-12-23-18(14-21)8-9-19(27-23)16-29(20-6-4-3-5-7-20)22-11-13-24-25(15-22)30-17-26-24;1-29-23-12-17(27-21-9-7-16(25)11-20(21)23)14-28(18-5-3-2-4-6-18)19-8-10-22-24(13-19)30-15-26-22;1-2/h8-15,17,20H,3-7,16H2,1-2H3;7-13,15,18H,2-6,14H2,1H3;1-2H3. The molecule has 2 aliphatic carbocycles. The van der Waals surface area contributed by atoms with Gasteiger partial charge in [0.2, 0.25) is 0 Å². The Balaban J connectivity index is 0.000000164. The van der Waals surface area contributed by atoms with E-state index < -0.39 is 0 Å². The number of fused-ring (bicyclic) bond motifs is 4. The van der Waals surface area contributed by atoms with Crippen LogP contribution in [0.4, 0.5) is 21.5 Å². The first-order valence-corrected chi connectivity index (χ1v) is 24.0. The molecule has 0 unspecified atom stereocenters. The fourth-order valence-electron chi connectivity index (χ4n) is 9.03. The van der Waals surface area contributed by atoms with Crippen molar-refractivity contribution >= 4 is 82.0 Å². The largest absolute Gasteiger partial charge is 0.496 e. The Labute approximate surface area is 373 Å². The van der Waals surface area contributed by atoms with Gasteiger partial charge in [0.15, 0.2) is 0 Å². The number of pyridine rings is 2. The molecule has 0 spiro atoms. The lowest BCUT2D eigenvalue weighted by atomic mass is 9.93. The number of hydrogen-bond donors (Lipinski definition) is 0. The van der Waals surface area contributed by atoms with E-state index >= 15 is 0 Å². The summed E-state index contributed by atoms with van der Waals surface area (Å²) in [5.74, 6) is 0.382. The van der Waals surface area contributed by atoms with E-state index in [4.69, 9.17) is 14.7 Å². The number of ether oxygens (including phenoxy) is 1. The molecule has 8 aromatic rings. The molecule has 0 N–H and O–H groups in total. The lowest BCUT2D eigenvalue weighted by Crippen LogP contribution is -2.36. The second-order valence-electron chi connectivity index (χ2n) is 16.4. The number of anilines is 3. The van der Waals surface area contributed by atoms with Gasteiger partial charge in [0, 0.05) is 60.1 Å². The van der Waals surface area contributed by atoms with Gasteiger partial charge >= 0.3 is 0 Å². The van der Waals surface area contributed by atoms with Crippen molar-refractivity contribution in [1.29, 1.82) is 0 Å². The summed E-state index contributed by atoms with van der Waals surface area (Å²) in [7, 11) is 5.77. The van der Waals surface area contributed by atoms with Gasteiger partial charge in [0.05, 0.1) is 74.1 Å². The fourth-order valence-corrected chi connectivity index (χ4v) is 10.5. The van der Waals surface area contributed by atoms with Crippen LogP contribution >= 0.6 is 22.7 Å². The Hall–Kier alpha value is -5.39. The Morgan fingerprint density at radius 3 is 1.69 bits per heavy atom. The topological polar surface area (TPSA) is 70.5 Å². The van der Waals surface area contributed by atoms with E-state index in [-0.39, 0.29) is 5.82 Å². The molecule has 8 nitrogen and oxygen atoms in total. The van der Waals surface area contributed by atoms with Gasteiger partial charge in [0.1, 0.15) is 11.6 Å². The molecule has 2 aliphatic rings. The number of rotatable bonds is 10. The highest BCUT2D eigenvalue weighted by Gasteiger charge is 2.25. The van der Waals surface area contributed by atoms with Gasteiger partial charge in [-0.25, -0.2) is 14.4 Å². The predicted molar refractivity (Wildman–Crippen MR) is 261 cm³/mol. The third kappa shape index (κ3) is 9.95. The molecule has 0 saturated heterocycles. The average molecular weight is 868 g/mol. The van der Waals surface area contributed by atoms with Crippen molar-refractivity contribution < 1.29 is 9.13 Å². The summed E-state index contributed by atoms with van der Waals surface area (Å²) in [6.07, 6.45) is 12.8. The van der Waals surface area contributed by atoms with Crippen LogP contribution in [0.25, 0.3) is 42.2 Å². The molecule has 0 amide bonds. The maximum Gasteiger partial charge on any atom is 0.130 e. The van der Waals surface area contributed by atoms with Crippen LogP contribution in [0.2, 0.25) is 0 Å². The van der Waals surface area contributed by atoms with Crippen LogP contribution < -0.4 is 19.4 Å². The fraction of sp³-hybridized carbons (Fsp3) is 0.373. The number of hydrogen-bond acceptors (Lipinski definition) is 10. The maximum absolute atomic E-state index is 13.7. The summed E-state index contributed by atoms with van der Waals surface area (Å²) in [6, 6.07) is 31.8. The number of benzene rings is 4. The lowest BCUT2D eigenvalue weighted by Gasteiger charge is -2.36. The summed E-state index contributed by atoms with van der Waals surface area (Å²) in [5, 5.41) is 1.90. The van der Waals surface area contributed by atoms with Crippen molar-refractivity contribution in [3.63, 3.8) is 0 Å². The van der Waals surface area contributed by atoms with Gasteiger partial charge in [-0.1, -0.05) is 58.4 Å². The molecule has 2 fully saturated rings. The van der Waals surface area contributed by atoms with E-state index in [2.05, 4.69) is 105 Å². The highest BCUT2D eigenvalue weighted by Crippen LogP contribution is 2.35. The molecule has 10 rings (SSSR count). The van der Waals surface area contributed by atoms with E-state index in [0.29, 0.717) is 29.8 Å². The quantitative estimate of drug-likeness (QED) is 0.135. The normalized spacial score (nSPS) is 14.6. The van der Waals surface area contributed by atoms with Crippen molar-refractivity contribution in [2.75, 3.05) is 35.9 Å².